The van der Waals surface area contributed by atoms with Gasteiger partial charge < -0.3 is 4.90 Å². The van der Waals surface area contributed by atoms with Crippen molar-refractivity contribution in [2.24, 2.45) is 0 Å². The normalized spacial score (nSPS) is 11.3. The molecule has 0 amide bonds. The highest BCUT2D eigenvalue weighted by Gasteiger charge is 2.07. The van der Waals surface area contributed by atoms with E-state index in [0.29, 0.717) is 0 Å². The second kappa shape index (κ2) is 6.49. The van der Waals surface area contributed by atoms with Crippen LogP contribution < -0.4 is 0 Å². The first kappa shape index (κ1) is 15.5. The van der Waals surface area contributed by atoms with Gasteiger partial charge in [-0.1, -0.05) is 24.3 Å². The number of pyridine rings is 1. The van der Waals surface area contributed by atoms with Crippen LogP contribution in [0.25, 0.3) is 27.8 Å². The van der Waals surface area contributed by atoms with Gasteiger partial charge in [0.25, 0.3) is 0 Å². The first-order valence-electron chi connectivity index (χ1n) is 8.32. The fourth-order valence-corrected chi connectivity index (χ4v) is 3.10. The molecule has 0 spiro atoms. The van der Waals surface area contributed by atoms with Gasteiger partial charge >= 0.3 is 0 Å². The van der Waals surface area contributed by atoms with Crippen LogP contribution in [-0.4, -0.2) is 33.5 Å². The van der Waals surface area contributed by atoms with Gasteiger partial charge in [0.15, 0.2) is 0 Å². The van der Waals surface area contributed by atoms with E-state index >= 15 is 0 Å². The molecule has 4 rings (SSSR count). The van der Waals surface area contributed by atoms with E-state index < -0.39 is 0 Å². The largest absolute Gasteiger partial charge is 0.305 e. The Morgan fingerprint density at radius 3 is 2.64 bits per heavy atom. The Hall–Kier alpha value is -2.98. The third kappa shape index (κ3) is 3.16. The zero-order valence-corrected chi connectivity index (χ0v) is 14.4. The molecule has 0 aliphatic heterocycles. The van der Waals surface area contributed by atoms with E-state index in [2.05, 4.69) is 82.1 Å². The molecule has 4 nitrogen and oxygen atoms in total. The number of rotatable bonds is 4. The van der Waals surface area contributed by atoms with Crippen molar-refractivity contribution in [3.63, 3.8) is 0 Å². The summed E-state index contributed by atoms with van der Waals surface area (Å²) in [5, 5.41) is 0. The number of imidazole rings is 1. The lowest BCUT2D eigenvalue weighted by atomic mass is 10.1. The fraction of sp³-hybridized carbons (Fsp3) is 0.143. The average Bonchev–Trinajstić information content (AvgIpc) is 3.05. The number of aromatic nitrogens is 3. The molecule has 0 atom stereocenters. The summed E-state index contributed by atoms with van der Waals surface area (Å²) < 4.78 is 2.13. The number of benzene rings is 2. The van der Waals surface area contributed by atoms with Gasteiger partial charge in [-0.3, -0.25) is 9.55 Å². The Bertz CT molecular complexity index is 1000. The van der Waals surface area contributed by atoms with Crippen LogP contribution in [0.5, 0.6) is 0 Å². The standard InChI is InChI=1S/C21H20N4/c1-24(2)14-16-8-9-21-20(11-16)23-15-25(21)19-7-3-5-17(12-19)18-6-4-10-22-13-18/h3-13,15H,14H2,1-2H3. The molecule has 0 fully saturated rings. The van der Waals surface area contributed by atoms with Crippen LogP contribution in [0.2, 0.25) is 0 Å². The molecule has 4 aromatic rings. The van der Waals surface area contributed by atoms with Gasteiger partial charge in [-0.2, -0.15) is 0 Å². The third-order valence-electron chi connectivity index (χ3n) is 4.23. The van der Waals surface area contributed by atoms with E-state index in [1.807, 2.05) is 18.6 Å². The van der Waals surface area contributed by atoms with Crippen molar-refractivity contribution in [1.29, 1.82) is 0 Å². The third-order valence-corrected chi connectivity index (χ3v) is 4.23. The van der Waals surface area contributed by atoms with Crippen LogP contribution in [-0.2, 0) is 6.54 Å². The van der Waals surface area contributed by atoms with E-state index in [9.17, 15) is 0 Å². The van der Waals surface area contributed by atoms with E-state index in [-0.39, 0.29) is 0 Å². The summed E-state index contributed by atoms with van der Waals surface area (Å²) in [5.74, 6) is 0. The number of hydrogen-bond donors (Lipinski definition) is 0. The lowest BCUT2D eigenvalue weighted by Crippen LogP contribution is -2.10. The van der Waals surface area contributed by atoms with E-state index in [1.165, 1.54) is 5.56 Å². The van der Waals surface area contributed by atoms with Crippen molar-refractivity contribution in [3.8, 4) is 16.8 Å². The highest BCUT2D eigenvalue weighted by Crippen LogP contribution is 2.24. The summed E-state index contributed by atoms with van der Waals surface area (Å²) in [6.45, 7) is 0.916. The molecule has 0 saturated heterocycles. The van der Waals surface area contributed by atoms with Crippen molar-refractivity contribution in [2.75, 3.05) is 14.1 Å². The summed E-state index contributed by atoms with van der Waals surface area (Å²) in [4.78, 5) is 11.0. The van der Waals surface area contributed by atoms with Gasteiger partial charge in [-0.25, -0.2) is 4.98 Å². The van der Waals surface area contributed by atoms with Crippen molar-refractivity contribution in [1.82, 2.24) is 19.4 Å². The molecule has 0 unspecified atom stereocenters. The Labute approximate surface area is 147 Å². The molecule has 0 N–H and O–H groups in total. The second-order valence-corrected chi connectivity index (χ2v) is 6.47. The van der Waals surface area contributed by atoms with Crippen LogP contribution in [0.15, 0.2) is 73.3 Å². The molecule has 0 bridgehead atoms. The number of hydrogen-bond acceptors (Lipinski definition) is 3. The fourth-order valence-electron chi connectivity index (χ4n) is 3.10. The maximum Gasteiger partial charge on any atom is 0.100 e. The minimum absolute atomic E-state index is 0.916. The van der Waals surface area contributed by atoms with Crippen LogP contribution in [0.4, 0.5) is 0 Å². The van der Waals surface area contributed by atoms with Gasteiger partial charge in [0.1, 0.15) is 6.33 Å². The van der Waals surface area contributed by atoms with Gasteiger partial charge in [-0.05, 0) is 55.6 Å². The number of fused-ring (bicyclic) bond motifs is 1. The monoisotopic (exact) mass is 328 g/mol. The van der Waals surface area contributed by atoms with Crippen molar-refractivity contribution in [2.45, 2.75) is 6.54 Å². The molecule has 0 radical (unpaired) electrons. The molecule has 2 aromatic carbocycles. The van der Waals surface area contributed by atoms with Gasteiger partial charge in [-0.15, -0.1) is 0 Å². The van der Waals surface area contributed by atoms with E-state index in [4.69, 9.17) is 0 Å². The molecule has 2 heterocycles. The highest BCUT2D eigenvalue weighted by atomic mass is 15.1. The zero-order chi connectivity index (χ0) is 17.2. The molecular formula is C21H20N4. The Morgan fingerprint density at radius 1 is 0.960 bits per heavy atom. The topological polar surface area (TPSA) is 34.0 Å². The highest BCUT2D eigenvalue weighted by molar-refractivity contribution is 5.78. The molecular weight excluding hydrogens is 308 g/mol. The smallest absolute Gasteiger partial charge is 0.100 e. The quantitative estimate of drug-likeness (QED) is 0.564. The Balaban J connectivity index is 1.75. The summed E-state index contributed by atoms with van der Waals surface area (Å²) in [5.41, 5.74) is 6.77. The molecule has 4 heteroatoms. The minimum Gasteiger partial charge on any atom is -0.305 e. The molecule has 25 heavy (non-hydrogen) atoms. The summed E-state index contributed by atoms with van der Waals surface area (Å²) >= 11 is 0. The van der Waals surface area contributed by atoms with Crippen molar-refractivity contribution in [3.05, 3.63) is 78.9 Å². The molecule has 2 aromatic heterocycles. The Kier molecular flexibility index (Phi) is 4.04. The first-order valence-corrected chi connectivity index (χ1v) is 8.32. The van der Waals surface area contributed by atoms with Crippen LogP contribution in [0.3, 0.4) is 0 Å². The predicted molar refractivity (Wildman–Crippen MR) is 102 cm³/mol. The van der Waals surface area contributed by atoms with Crippen LogP contribution in [0.1, 0.15) is 5.56 Å². The second-order valence-electron chi connectivity index (χ2n) is 6.47. The molecule has 0 aliphatic carbocycles. The van der Waals surface area contributed by atoms with Crippen molar-refractivity contribution >= 4 is 11.0 Å². The maximum atomic E-state index is 4.60. The van der Waals surface area contributed by atoms with Crippen LogP contribution in [0, 0.1) is 0 Å². The average molecular weight is 328 g/mol. The lowest BCUT2D eigenvalue weighted by molar-refractivity contribution is 0.402. The minimum atomic E-state index is 0.916. The van der Waals surface area contributed by atoms with Gasteiger partial charge in [0.2, 0.25) is 0 Å². The summed E-state index contributed by atoms with van der Waals surface area (Å²) in [6.07, 6.45) is 5.58. The predicted octanol–water partition coefficient (Wildman–Crippen LogP) is 4.15. The van der Waals surface area contributed by atoms with E-state index in [0.717, 1.165) is 34.4 Å². The van der Waals surface area contributed by atoms with E-state index in [1.54, 1.807) is 6.20 Å². The number of nitrogens with zero attached hydrogens (tertiary/aromatic N) is 4. The maximum absolute atomic E-state index is 4.60. The van der Waals surface area contributed by atoms with Gasteiger partial charge in [0.05, 0.1) is 11.0 Å². The lowest BCUT2D eigenvalue weighted by Gasteiger charge is -2.10. The Morgan fingerprint density at radius 2 is 1.84 bits per heavy atom. The summed E-state index contributed by atoms with van der Waals surface area (Å²) in [6, 6.07) is 19.0. The first-order chi connectivity index (χ1) is 12.2. The zero-order valence-electron chi connectivity index (χ0n) is 14.4. The van der Waals surface area contributed by atoms with Crippen molar-refractivity contribution < 1.29 is 0 Å². The molecule has 0 aliphatic rings. The summed E-state index contributed by atoms with van der Waals surface area (Å²) in [7, 11) is 4.15. The molecule has 0 saturated carbocycles. The SMILES string of the molecule is CN(C)Cc1ccc2c(c1)ncn2-c1cccc(-c2cccnc2)c1. The molecule has 124 valence electrons. The van der Waals surface area contributed by atoms with Crippen LogP contribution >= 0.6 is 0 Å². The van der Waals surface area contributed by atoms with Gasteiger partial charge in [0, 0.05) is 30.2 Å².